The first kappa shape index (κ1) is 22.5. The molecular formula is C26H28ClN5O2. The standard InChI is InChI=1S/C26H28ClN5O2/c1-17-15-20-24(22(33)16-17)25(28-19-9-7-18(27)8-10-19)30-26(29-20)32-13-11-31(12-14-32)21-5-3-4-6-23(21)34-2/h3-10,17H,11-16H2,1-2H3,(H,28,29,30). The number of rotatable bonds is 5. The Balaban J connectivity index is 1.42. The molecule has 1 aliphatic heterocycles. The predicted molar refractivity (Wildman–Crippen MR) is 136 cm³/mol. The molecule has 5 rings (SSSR count). The van der Waals surface area contributed by atoms with Crippen LogP contribution in [0.1, 0.15) is 29.4 Å². The van der Waals surface area contributed by atoms with E-state index in [1.807, 2.05) is 42.5 Å². The molecule has 2 aliphatic rings. The van der Waals surface area contributed by atoms with Gasteiger partial charge in [-0.2, -0.15) is 4.98 Å². The number of para-hydroxylation sites is 2. The van der Waals surface area contributed by atoms with Gasteiger partial charge in [-0.1, -0.05) is 30.7 Å². The first-order valence-corrected chi connectivity index (χ1v) is 12.0. The van der Waals surface area contributed by atoms with Crippen molar-refractivity contribution >= 4 is 40.5 Å². The molecule has 2 heterocycles. The lowest BCUT2D eigenvalue weighted by atomic mass is 9.87. The van der Waals surface area contributed by atoms with Crippen LogP contribution in [-0.2, 0) is 6.42 Å². The maximum Gasteiger partial charge on any atom is 0.227 e. The third-order valence-corrected chi connectivity index (χ3v) is 6.67. The fourth-order valence-corrected chi connectivity index (χ4v) is 4.82. The van der Waals surface area contributed by atoms with E-state index in [1.165, 1.54) is 0 Å². The number of hydrogen-bond donors (Lipinski definition) is 1. The minimum absolute atomic E-state index is 0.0951. The molecular weight excluding hydrogens is 450 g/mol. The van der Waals surface area contributed by atoms with E-state index in [9.17, 15) is 4.79 Å². The summed E-state index contributed by atoms with van der Waals surface area (Å²) < 4.78 is 5.54. The van der Waals surface area contributed by atoms with E-state index in [0.717, 1.165) is 55.4 Å². The summed E-state index contributed by atoms with van der Waals surface area (Å²) in [5.74, 6) is 2.48. The van der Waals surface area contributed by atoms with Crippen LogP contribution in [0.25, 0.3) is 0 Å². The Morgan fingerprint density at radius 1 is 0.971 bits per heavy atom. The van der Waals surface area contributed by atoms with E-state index in [0.29, 0.717) is 28.8 Å². The van der Waals surface area contributed by atoms with Gasteiger partial charge in [0.25, 0.3) is 0 Å². The molecule has 1 aromatic heterocycles. The molecule has 2 aromatic carbocycles. The van der Waals surface area contributed by atoms with Crippen LogP contribution in [-0.4, -0.2) is 49.0 Å². The average Bonchev–Trinajstić information content (AvgIpc) is 2.85. The van der Waals surface area contributed by atoms with Crippen LogP contribution >= 0.6 is 11.6 Å². The van der Waals surface area contributed by atoms with Crippen molar-refractivity contribution in [2.75, 3.05) is 48.4 Å². The van der Waals surface area contributed by atoms with Gasteiger partial charge in [-0.15, -0.1) is 0 Å². The molecule has 34 heavy (non-hydrogen) atoms. The number of halogens is 1. The molecule has 1 fully saturated rings. The van der Waals surface area contributed by atoms with Gasteiger partial charge in [0.15, 0.2) is 5.78 Å². The van der Waals surface area contributed by atoms with Crippen molar-refractivity contribution in [3.63, 3.8) is 0 Å². The van der Waals surface area contributed by atoms with E-state index < -0.39 is 0 Å². The van der Waals surface area contributed by atoms with Gasteiger partial charge in [-0.05, 0) is 48.7 Å². The van der Waals surface area contributed by atoms with Crippen LogP contribution in [0, 0.1) is 5.92 Å². The lowest BCUT2D eigenvalue weighted by Gasteiger charge is -2.37. The van der Waals surface area contributed by atoms with E-state index >= 15 is 0 Å². The Kier molecular flexibility index (Phi) is 6.28. The SMILES string of the molecule is COc1ccccc1N1CCN(c2nc3c(c(Nc4ccc(Cl)cc4)n2)C(=O)CC(C)C3)CC1. The Hall–Kier alpha value is -3.32. The highest BCUT2D eigenvalue weighted by molar-refractivity contribution is 6.30. The van der Waals surface area contributed by atoms with Crippen LogP contribution in [0.15, 0.2) is 48.5 Å². The zero-order chi connectivity index (χ0) is 23.7. The van der Waals surface area contributed by atoms with Crippen molar-refractivity contribution < 1.29 is 9.53 Å². The molecule has 176 valence electrons. The smallest absolute Gasteiger partial charge is 0.227 e. The van der Waals surface area contributed by atoms with Crippen molar-refractivity contribution in [3.8, 4) is 5.75 Å². The number of anilines is 4. The zero-order valence-electron chi connectivity index (χ0n) is 19.4. The first-order chi connectivity index (χ1) is 16.5. The second-order valence-corrected chi connectivity index (χ2v) is 9.34. The van der Waals surface area contributed by atoms with Crippen LogP contribution in [0.4, 0.5) is 23.1 Å². The molecule has 0 spiro atoms. The number of ether oxygens (including phenoxy) is 1. The van der Waals surface area contributed by atoms with Crippen molar-refractivity contribution in [3.05, 3.63) is 64.8 Å². The third-order valence-electron chi connectivity index (χ3n) is 6.42. The van der Waals surface area contributed by atoms with Gasteiger partial charge in [0.05, 0.1) is 24.1 Å². The lowest BCUT2D eigenvalue weighted by molar-refractivity contribution is 0.0952. The Bertz CT molecular complexity index is 1190. The number of piperazine rings is 1. The number of Topliss-reactive ketones (excluding diaryl/α,β-unsaturated/α-hetero) is 1. The van der Waals surface area contributed by atoms with Gasteiger partial charge in [0, 0.05) is 43.3 Å². The van der Waals surface area contributed by atoms with Gasteiger partial charge in [0.2, 0.25) is 5.95 Å². The number of carbonyl (C=O) groups is 1. The summed E-state index contributed by atoms with van der Waals surface area (Å²) in [7, 11) is 1.70. The summed E-state index contributed by atoms with van der Waals surface area (Å²) in [5.41, 5.74) is 3.38. The molecule has 7 nitrogen and oxygen atoms in total. The van der Waals surface area contributed by atoms with Crippen LogP contribution in [0.3, 0.4) is 0 Å². The Morgan fingerprint density at radius 2 is 1.68 bits per heavy atom. The number of aromatic nitrogens is 2. The van der Waals surface area contributed by atoms with E-state index in [4.69, 9.17) is 26.3 Å². The van der Waals surface area contributed by atoms with Gasteiger partial charge in [-0.3, -0.25) is 4.79 Å². The zero-order valence-corrected chi connectivity index (χ0v) is 20.2. The lowest BCUT2D eigenvalue weighted by Crippen LogP contribution is -2.47. The molecule has 0 bridgehead atoms. The van der Waals surface area contributed by atoms with Crippen molar-refractivity contribution in [1.82, 2.24) is 9.97 Å². The van der Waals surface area contributed by atoms with E-state index in [2.05, 4.69) is 28.1 Å². The molecule has 1 unspecified atom stereocenters. The molecule has 0 radical (unpaired) electrons. The monoisotopic (exact) mass is 477 g/mol. The summed E-state index contributed by atoms with van der Waals surface area (Å²) in [6, 6.07) is 15.5. The van der Waals surface area contributed by atoms with Gasteiger partial charge >= 0.3 is 0 Å². The predicted octanol–water partition coefficient (Wildman–Crippen LogP) is 4.97. The molecule has 3 aromatic rings. The number of benzene rings is 2. The molecule has 1 N–H and O–H groups in total. The van der Waals surface area contributed by atoms with Crippen LogP contribution in [0.2, 0.25) is 5.02 Å². The summed E-state index contributed by atoms with van der Waals surface area (Å²) in [6.45, 7) is 5.31. The highest BCUT2D eigenvalue weighted by Crippen LogP contribution is 2.33. The van der Waals surface area contributed by atoms with Crippen molar-refractivity contribution in [2.24, 2.45) is 5.92 Å². The van der Waals surface area contributed by atoms with E-state index in [-0.39, 0.29) is 11.7 Å². The Labute approximate surface area is 204 Å². The summed E-state index contributed by atoms with van der Waals surface area (Å²) in [4.78, 5) is 27.2. The average molecular weight is 478 g/mol. The summed E-state index contributed by atoms with van der Waals surface area (Å²) in [5, 5.41) is 4.01. The minimum Gasteiger partial charge on any atom is -0.495 e. The number of methoxy groups -OCH3 is 1. The van der Waals surface area contributed by atoms with Crippen molar-refractivity contribution in [2.45, 2.75) is 19.8 Å². The highest BCUT2D eigenvalue weighted by atomic mass is 35.5. The quantitative estimate of drug-likeness (QED) is 0.556. The third kappa shape index (κ3) is 4.53. The Morgan fingerprint density at radius 3 is 2.41 bits per heavy atom. The number of carbonyl (C=O) groups excluding carboxylic acids is 1. The topological polar surface area (TPSA) is 70.6 Å². The maximum atomic E-state index is 12.9. The maximum absolute atomic E-state index is 12.9. The first-order valence-electron chi connectivity index (χ1n) is 11.6. The number of hydrogen-bond acceptors (Lipinski definition) is 7. The number of nitrogens with zero attached hydrogens (tertiary/aromatic N) is 4. The molecule has 1 aliphatic carbocycles. The second-order valence-electron chi connectivity index (χ2n) is 8.91. The van der Waals surface area contributed by atoms with Crippen molar-refractivity contribution in [1.29, 1.82) is 0 Å². The van der Waals surface area contributed by atoms with E-state index in [1.54, 1.807) is 7.11 Å². The molecule has 1 saturated heterocycles. The molecule has 1 atom stereocenters. The normalized spacial score (nSPS) is 18.0. The largest absolute Gasteiger partial charge is 0.495 e. The van der Waals surface area contributed by atoms with Crippen LogP contribution in [0.5, 0.6) is 5.75 Å². The number of ketones is 1. The van der Waals surface area contributed by atoms with Gasteiger partial charge in [-0.25, -0.2) is 4.98 Å². The van der Waals surface area contributed by atoms with Gasteiger partial charge in [0.1, 0.15) is 11.6 Å². The summed E-state index contributed by atoms with van der Waals surface area (Å²) in [6.07, 6.45) is 1.29. The molecule has 8 heteroatoms. The van der Waals surface area contributed by atoms with Gasteiger partial charge < -0.3 is 19.9 Å². The number of fused-ring (bicyclic) bond motifs is 1. The molecule has 0 amide bonds. The summed E-state index contributed by atoms with van der Waals surface area (Å²) >= 11 is 6.05. The fraction of sp³-hybridized carbons (Fsp3) is 0.346. The highest BCUT2D eigenvalue weighted by Gasteiger charge is 2.30. The second kappa shape index (κ2) is 9.50. The van der Waals surface area contributed by atoms with Crippen LogP contribution < -0.4 is 19.9 Å². The number of nitrogens with one attached hydrogen (secondary N) is 1. The molecule has 0 saturated carbocycles. The minimum atomic E-state index is 0.0951. The fourth-order valence-electron chi connectivity index (χ4n) is 4.70.